The number of ether oxygens (including phenoxy) is 1. The highest BCUT2D eigenvalue weighted by atomic mass is 19.1. The smallest absolute Gasteiger partial charge is 0.338 e. The third-order valence-corrected chi connectivity index (χ3v) is 2.81. The Morgan fingerprint density at radius 2 is 2.17 bits per heavy atom. The molecule has 0 fully saturated rings. The number of methoxy groups -OCH3 is 1. The van der Waals surface area contributed by atoms with E-state index in [1.165, 1.54) is 12.1 Å². The van der Waals surface area contributed by atoms with Crippen LogP contribution in [0.2, 0.25) is 0 Å². The highest BCUT2D eigenvalue weighted by Gasteiger charge is 2.16. The van der Waals surface area contributed by atoms with E-state index in [1.807, 2.05) is 13.8 Å². The Balaban J connectivity index is 2.64. The molecule has 4 nitrogen and oxygen atoms in total. The number of halogens is 1. The molecule has 0 unspecified atom stereocenters. The number of hydrogen-bond donors (Lipinski definition) is 2. The number of carboxylic acids is 1. The SMILES string of the molecule is COC(C)(C)CCNc1ccc(F)c(C(=O)O)c1. The summed E-state index contributed by atoms with van der Waals surface area (Å²) >= 11 is 0. The van der Waals surface area contributed by atoms with Crippen LogP contribution in [-0.2, 0) is 4.74 Å². The van der Waals surface area contributed by atoms with Crippen molar-refractivity contribution in [3.8, 4) is 0 Å². The topological polar surface area (TPSA) is 58.6 Å². The zero-order valence-electron chi connectivity index (χ0n) is 10.8. The number of benzene rings is 1. The van der Waals surface area contributed by atoms with Crippen LogP contribution in [0.4, 0.5) is 10.1 Å². The van der Waals surface area contributed by atoms with Gasteiger partial charge in [-0.3, -0.25) is 0 Å². The molecule has 0 radical (unpaired) electrons. The van der Waals surface area contributed by atoms with Crippen LogP contribution in [-0.4, -0.2) is 30.3 Å². The largest absolute Gasteiger partial charge is 0.478 e. The van der Waals surface area contributed by atoms with E-state index in [0.29, 0.717) is 12.2 Å². The molecule has 0 aliphatic carbocycles. The van der Waals surface area contributed by atoms with Gasteiger partial charge in [0, 0.05) is 19.3 Å². The van der Waals surface area contributed by atoms with Crippen molar-refractivity contribution in [2.24, 2.45) is 0 Å². The molecule has 0 aliphatic rings. The highest BCUT2D eigenvalue weighted by molar-refractivity contribution is 5.89. The van der Waals surface area contributed by atoms with Gasteiger partial charge in [0.1, 0.15) is 5.82 Å². The number of aromatic carboxylic acids is 1. The second-order valence-corrected chi connectivity index (χ2v) is 4.64. The lowest BCUT2D eigenvalue weighted by molar-refractivity contribution is 0.0185. The van der Waals surface area contributed by atoms with Gasteiger partial charge in [-0.1, -0.05) is 0 Å². The maximum atomic E-state index is 13.2. The van der Waals surface area contributed by atoms with Gasteiger partial charge >= 0.3 is 5.97 Å². The summed E-state index contributed by atoms with van der Waals surface area (Å²) in [6, 6.07) is 3.95. The van der Waals surface area contributed by atoms with Crippen LogP contribution in [0.1, 0.15) is 30.6 Å². The van der Waals surface area contributed by atoms with Crippen molar-refractivity contribution in [1.29, 1.82) is 0 Å². The molecule has 100 valence electrons. The van der Waals surface area contributed by atoms with Crippen molar-refractivity contribution in [1.82, 2.24) is 0 Å². The number of anilines is 1. The Hall–Kier alpha value is -1.62. The minimum Gasteiger partial charge on any atom is -0.478 e. The molecular formula is C13H18FNO3. The van der Waals surface area contributed by atoms with Gasteiger partial charge in [0.15, 0.2) is 0 Å². The van der Waals surface area contributed by atoms with Gasteiger partial charge in [-0.05, 0) is 38.5 Å². The van der Waals surface area contributed by atoms with E-state index < -0.39 is 11.8 Å². The van der Waals surface area contributed by atoms with Crippen molar-refractivity contribution in [2.45, 2.75) is 25.9 Å². The van der Waals surface area contributed by atoms with Crippen LogP contribution in [0.3, 0.4) is 0 Å². The monoisotopic (exact) mass is 255 g/mol. The van der Waals surface area contributed by atoms with E-state index in [-0.39, 0.29) is 11.2 Å². The van der Waals surface area contributed by atoms with Crippen molar-refractivity contribution < 1.29 is 19.0 Å². The predicted octanol–water partition coefficient (Wildman–Crippen LogP) is 2.75. The minimum absolute atomic E-state index is 0.247. The Morgan fingerprint density at radius 3 is 2.72 bits per heavy atom. The van der Waals surface area contributed by atoms with E-state index in [4.69, 9.17) is 9.84 Å². The van der Waals surface area contributed by atoms with E-state index in [0.717, 1.165) is 12.5 Å². The van der Waals surface area contributed by atoms with Gasteiger partial charge in [0.25, 0.3) is 0 Å². The third-order valence-electron chi connectivity index (χ3n) is 2.81. The molecule has 0 heterocycles. The van der Waals surface area contributed by atoms with E-state index in [2.05, 4.69) is 5.32 Å². The Labute approximate surface area is 106 Å². The summed E-state index contributed by atoms with van der Waals surface area (Å²) in [7, 11) is 1.64. The number of hydrogen-bond acceptors (Lipinski definition) is 3. The molecular weight excluding hydrogens is 237 g/mol. The lowest BCUT2D eigenvalue weighted by atomic mass is 10.1. The summed E-state index contributed by atoms with van der Waals surface area (Å²) in [5, 5.41) is 11.8. The molecule has 0 saturated heterocycles. The van der Waals surface area contributed by atoms with E-state index in [9.17, 15) is 9.18 Å². The molecule has 0 saturated carbocycles. The van der Waals surface area contributed by atoms with Gasteiger partial charge in [-0.25, -0.2) is 9.18 Å². The average molecular weight is 255 g/mol. The fourth-order valence-electron chi connectivity index (χ4n) is 1.41. The molecule has 0 bridgehead atoms. The normalized spacial score (nSPS) is 11.3. The molecule has 0 aromatic heterocycles. The van der Waals surface area contributed by atoms with E-state index >= 15 is 0 Å². The summed E-state index contributed by atoms with van der Waals surface area (Å²) in [5.74, 6) is -2.00. The van der Waals surface area contributed by atoms with E-state index in [1.54, 1.807) is 7.11 Å². The molecule has 5 heteroatoms. The second-order valence-electron chi connectivity index (χ2n) is 4.64. The Morgan fingerprint density at radius 1 is 1.50 bits per heavy atom. The van der Waals surface area contributed by atoms with Gasteiger partial charge in [0.05, 0.1) is 11.2 Å². The first-order chi connectivity index (χ1) is 8.35. The van der Waals surface area contributed by atoms with Crippen LogP contribution < -0.4 is 5.32 Å². The molecule has 1 aromatic carbocycles. The number of nitrogens with one attached hydrogen (secondary N) is 1. The quantitative estimate of drug-likeness (QED) is 0.820. The maximum absolute atomic E-state index is 13.2. The maximum Gasteiger partial charge on any atom is 0.338 e. The van der Waals surface area contributed by atoms with Crippen LogP contribution in [0.15, 0.2) is 18.2 Å². The first kappa shape index (κ1) is 14.4. The summed E-state index contributed by atoms with van der Waals surface area (Å²) in [4.78, 5) is 10.8. The van der Waals surface area contributed by atoms with Gasteiger partial charge in [-0.15, -0.1) is 0 Å². The third kappa shape index (κ3) is 4.00. The molecule has 1 aromatic rings. The minimum atomic E-state index is -1.27. The molecule has 1 rings (SSSR count). The molecule has 18 heavy (non-hydrogen) atoms. The van der Waals surface area contributed by atoms with Crippen LogP contribution in [0.5, 0.6) is 0 Å². The number of carboxylic acid groups (broad SMARTS) is 1. The average Bonchev–Trinajstić information content (AvgIpc) is 2.31. The van der Waals surface area contributed by atoms with Crippen molar-refractivity contribution in [3.63, 3.8) is 0 Å². The lowest BCUT2D eigenvalue weighted by Gasteiger charge is -2.23. The zero-order chi connectivity index (χ0) is 13.8. The first-order valence-corrected chi connectivity index (χ1v) is 5.67. The number of carbonyl (C=O) groups is 1. The summed E-state index contributed by atoms with van der Waals surface area (Å²) < 4.78 is 18.4. The van der Waals surface area contributed by atoms with Gasteiger partial charge in [-0.2, -0.15) is 0 Å². The van der Waals surface area contributed by atoms with Crippen molar-refractivity contribution in [2.75, 3.05) is 19.0 Å². The lowest BCUT2D eigenvalue weighted by Crippen LogP contribution is -2.25. The van der Waals surface area contributed by atoms with Crippen molar-refractivity contribution >= 4 is 11.7 Å². The highest BCUT2D eigenvalue weighted by Crippen LogP contribution is 2.17. The molecule has 0 spiro atoms. The summed E-state index contributed by atoms with van der Waals surface area (Å²) in [6.45, 7) is 4.54. The van der Waals surface area contributed by atoms with Crippen LogP contribution in [0.25, 0.3) is 0 Å². The Kier molecular flexibility index (Phi) is 4.67. The summed E-state index contributed by atoms with van der Waals surface area (Å²) in [6.07, 6.45) is 0.753. The first-order valence-electron chi connectivity index (χ1n) is 5.67. The van der Waals surface area contributed by atoms with Gasteiger partial charge < -0.3 is 15.2 Å². The predicted molar refractivity (Wildman–Crippen MR) is 67.6 cm³/mol. The fourth-order valence-corrected chi connectivity index (χ4v) is 1.41. The number of rotatable bonds is 6. The molecule has 0 amide bonds. The van der Waals surface area contributed by atoms with Crippen molar-refractivity contribution in [3.05, 3.63) is 29.6 Å². The standard InChI is InChI=1S/C13H18FNO3/c1-13(2,18-3)6-7-15-9-4-5-11(14)10(8-9)12(16)17/h4-5,8,15H,6-7H2,1-3H3,(H,16,17). The molecule has 0 atom stereocenters. The van der Waals surface area contributed by atoms with Crippen LogP contribution >= 0.6 is 0 Å². The fraction of sp³-hybridized carbons (Fsp3) is 0.462. The zero-order valence-corrected chi connectivity index (χ0v) is 10.8. The second kappa shape index (κ2) is 5.82. The Bertz CT molecular complexity index is 432. The van der Waals surface area contributed by atoms with Crippen LogP contribution in [0, 0.1) is 5.82 Å². The van der Waals surface area contributed by atoms with Gasteiger partial charge in [0.2, 0.25) is 0 Å². The summed E-state index contributed by atoms with van der Waals surface area (Å²) in [5.41, 5.74) is 0.00885. The molecule has 0 aliphatic heterocycles. The molecule has 2 N–H and O–H groups in total.